The van der Waals surface area contributed by atoms with E-state index in [9.17, 15) is 0 Å². The van der Waals surface area contributed by atoms with E-state index < -0.39 is 0 Å². The maximum Gasteiger partial charge on any atom is 0.203 e. The van der Waals surface area contributed by atoms with Crippen LogP contribution in [0.2, 0.25) is 0 Å². The van der Waals surface area contributed by atoms with E-state index in [1.54, 1.807) is 0 Å². The molecule has 0 bridgehead atoms. The minimum atomic E-state index is 0.202. The summed E-state index contributed by atoms with van der Waals surface area (Å²) in [6.45, 7) is 6.65. The van der Waals surface area contributed by atoms with E-state index in [0.29, 0.717) is 0 Å². The zero-order valence-corrected chi connectivity index (χ0v) is 12.5. The lowest BCUT2D eigenvalue weighted by atomic mass is 9.87. The molecule has 1 aromatic carbocycles. The first kappa shape index (κ1) is 12.0. The molecular weight excluding hydrogens is 331 g/mol. The lowest BCUT2D eigenvalue weighted by molar-refractivity contribution is 0.590. The van der Waals surface area contributed by atoms with Crippen LogP contribution >= 0.6 is 34.1 Å². The Hall–Kier alpha value is -0.490. The molecule has 1 heterocycles. The predicted molar refractivity (Wildman–Crippen MR) is 76.8 cm³/mol. The summed E-state index contributed by atoms with van der Waals surface area (Å²) >= 11 is 3.58. The molecule has 0 amide bonds. The summed E-state index contributed by atoms with van der Waals surface area (Å²) in [5.74, 6) is 0. The van der Waals surface area contributed by atoms with Crippen molar-refractivity contribution in [3.63, 3.8) is 0 Å². The topological polar surface area (TPSA) is 25.8 Å². The first-order chi connectivity index (χ1) is 7.47. The van der Waals surface area contributed by atoms with Crippen molar-refractivity contribution in [2.24, 2.45) is 0 Å². The average molecular weight is 344 g/mol. The van der Waals surface area contributed by atoms with Gasteiger partial charge in [0.05, 0.1) is 0 Å². The molecule has 0 fully saturated rings. The van der Waals surface area contributed by atoms with E-state index in [2.05, 4.69) is 77.0 Å². The normalized spacial score (nSPS) is 11.8. The van der Waals surface area contributed by atoms with Gasteiger partial charge in [-0.1, -0.05) is 45.0 Å². The summed E-state index contributed by atoms with van der Waals surface area (Å²) in [7, 11) is 0. The number of hydrogen-bond acceptors (Lipinski definition) is 3. The summed E-state index contributed by atoms with van der Waals surface area (Å²) < 4.78 is 5.00. The van der Waals surface area contributed by atoms with Crippen LogP contribution in [-0.2, 0) is 5.41 Å². The van der Waals surface area contributed by atoms with Crippen molar-refractivity contribution in [3.8, 4) is 10.6 Å². The van der Waals surface area contributed by atoms with Gasteiger partial charge in [-0.25, -0.2) is 4.98 Å². The predicted octanol–water partition coefficient (Wildman–Crippen LogP) is 4.11. The SMILES string of the molecule is CC(C)(C)c1ccc(-c2nc(I)ns2)cc1. The van der Waals surface area contributed by atoms with Gasteiger partial charge in [0.2, 0.25) is 3.83 Å². The summed E-state index contributed by atoms with van der Waals surface area (Å²) in [5, 5.41) is 0.991. The van der Waals surface area contributed by atoms with Crippen LogP contribution in [0.4, 0.5) is 0 Å². The van der Waals surface area contributed by atoms with Gasteiger partial charge in [0, 0.05) is 28.2 Å². The van der Waals surface area contributed by atoms with Gasteiger partial charge in [0.25, 0.3) is 0 Å². The smallest absolute Gasteiger partial charge is 0.203 e. The molecule has 0 atom stereocenters. The van der Waals surface area contributed by atoms with Crippen molar-refractivity contribution in [2.45, 2.75) is 26.2 Å². The van der Waals surface area contributed by atoms with Crippen LogP contribution in [0, 0.1) is 3.83 Å². The number of hydrogen-bond donors (Lipinski definition) is 0. The van der Waals surface area contributed by atoms with Crippen LogP contribution in [-0.4, -0.2) is 9.36 Å². The van der Waals surface area contributed by atoms with Crippen LogP contribution in [0.1, 0.15) is 26.3 Å². The molecule has 0 aliphatic carbocycles. The van der Waals surface area contributed by atoms with Gasteiger partial charge in [-0.05, 0) is 22.5 Å². The third kappa shape index (κ3) is 2.60. The quantitative estimate of drug-likeness (QED) is 0.728. The molecule has 1 aromatic heterocycles. The first-order valence-electron chi connectivity index (χ1n) is 5.07. The molecule has 0 aliphatic heterocycles. The maximum absolute atomic E-state index is 4.37. The molecule has 16 heavy (non-hydrogen) atoms. The van der Waals surface area contributed by atoms with Crippen LogP contribution in [0.15, 0.2) is 24.3 Å². The molecule has 0 radical (unpaired) electrons. The highest BCUT2D eigenvalue weighted by atomic mass is 127. The summed E-state index contributed by atoms with van der Waals surface area (Å²) in [5.41, 5.74) is 2.69. The second kappa shape index (κ2) is 4.41. The molecule has 4 heteroatoms. The monoisotopic (exact) mass is 344 g/mol. The van der Waals surface area contributed by atoms with Crippen molar-refractivity contribution in [2.75, 3.05) is 0 Å². The number of benzene rings is 1. The van der Waals surface area contributed by atoms with Gasteiger partial charge >= 0.3 is 0 Å². The van der Waals surface area contributed by atoms with Gasteiger partial charge in [-0.3, -0.25) is 0 Å². The molecule has 2 rings (SSSR count). The van der Waals surface area contributed by atoms with E-state index in [0.717, 1.165) is 14.4 Å². The average Bonchev–Trinajstić information content (AvgIpc) is 2.64. The molecule has 2 aromatic rings. The Kier molecular flexibility index (Phi) is 3.30. The van der Waals surface area contributed by atoms with Crippen molar-refractivity contribution in [1.29, 1.82) is 0 Å². The zero-order valence-electron chi connectivity index (χ0n) is 9.49. The zero-order chi connectivity index (χ0) is 11.8. The Morgan fingerprint density at radius 2 is 1.75 bits per heavy atom. The van der Waals surface area contributed by atoms with Crippen LogP contribution in [0.5, 0.6) is 0 Å². The first-order valence-corrected chi connectivity index (χ1v) is 6.92. The van der Waals surface area contributed by atoms with Gasteiger partial charge in [-0.2, -0.15) is 4.37 Å². The summed E-state index contributed by atoms with van der Waals surface area (Å²) in [6.07, 6.45) is 0. The van der Waals surface area contributed by atoms with E-state index in [1.807, 2.05) is 0 Å². The van der Waals surface area contributed by atoms with Gasteiger partial charge < -0.3 is 0 Å². The molecule has 0 unspecified atom stereocenters. The molecular formula is C12H13IN2S. The van der Waals surface area contributed by atoms with Crippen molar-refractivity contribution < 1.29 is 0 Å². The molecule has 0 saturated heterocycles. The Labute approximate surface area is 113 Å². The second-order valence-corrected chi connectivity index (χ2v) is 6.41. The number of nitrogens with zero attached hydrogens (tertiary/aromatic N) is 2. The lowest BCUT2D eigenvalue weighted by Crippen LogP contribution is -2.10. The Morgan fingerprint density at radius 3 is 2.19 bits per heavy atom. The highest BCUT2D eigenvalue weighted by Gasteiger charge is 2.13. The van der Waals surface area contributed by atoms with E-state index in [4.69, 9.17) is 0 Å². The van der Waals surface area contributed by atoms with Gasteiger partial charge in [0.1, 0.15) is 5.01 Å². The highest BCUT2D eigenvalue weighted by molar-refractivity contribution is 14.1. The second-order valence-electron chi connectivity index (χ2n) is 4.70. The number of aromatic nitrogens is 2. The van der Waals surface area contributed by atoms with Crippen molar-refractivity contribution in [3.05, 3.63) is 33.7 Å². The number of halogens is 1. The summed E-state index contributed by atoms with van der Waals surface area (Å²) in [4.78, 5) is 4.37. The summed E-state index contributed by atoms with van der Waals surface area (Å²) in [6, 6.07) is 8.58. The standard InChI is InChI=1S/C12H13IN2S/c1-12(2,3)9-6-4-8(5-7-9)10-14-11(13)15-16-10/h4-7H,1-3H3. The van der Waals surface area contributed by atoms with Crippen molar-refractivity contribution >= 4 is 34.1 Å². The Balaban J connectivity index is 2.33. The van der Waals surface area contributed by atoms with Gasteiger partial charge in [-0.15, -0.1) is 0 Å². The van der Waals surface area contributed by atoms with Crippen LogP contribution < -0.4 is 0 Å². The molecule has 0 aliphatic rings. The van der Waals surface area contributed by atoms with E-state index in [-0.39, 0.29) is 5.41 Å². The largest absolute Gasteiger partial charge is 0.210 e. The fourth-order valence-electron chi connectivity index (χ4n) is 1.44. The molecule has 0 spiro atoms. The van der Waals surface area contributed by atoms with Crippen LogP contribution in [0.25, 0.3) is 10.6 Å². The lowest BCUT2D eigenvalue weighted by Gasteiger charge is -2.18. The maximum atomic E-state index is 4.37. The van der Waals surface area contributed by atoms with Crippen LogP contribution in [0.3, 0.4) is 0 Å². The van der Waals surface area contributed by atoms with E-state index >= 15 is 0 Å². The Morgan fingerprint density at radius 1 is 1.12 bits per heavy atom. The molecule has 84 valence electrons. The fraction of sp³-hybridized carbons (Fsp3) is 0.333. The molecule has 0 saturated carbocycles. The highest BCUT2D eigenvalue weighted by Crippen LogP contribution is 2.27. The van der Waals surface area contributed by atoms with Crippen molar-refractivity contribution in [1.82, 2.24) is 9.36 Å². The minimum Gasteiger partial charge on any atom is -0.210 e. The molecule has 0 N–H and O–H groups in total. The third-order valence-corrected chi connectivity index (χ3v) is 3.97. The van der Waals surface area contributed by atoms with E-state index in [1.165, 1.54) is 17.1 Å². The van der Waals surface area contributed by atoms with Gasteiger partial charge in [0.15, 0.2) is 0 Å². The third-order valence-electron chi connectivity index (χ3n) is 2.40. The Bertz CT molecular complexity index is 482. The fourth-order valence-corrected chi connectivity index (χ4v) is 2.71. The number of rotatable bonds is 1. The minimum absolute atomic E-state index is 0.202. The molecule has 2 nitrogen and oxygen atoms in total.